The van der Waals surface area contributed by atoms with E-state index in [1.807, 2.05) is 0 Å². The molecule has 4 atom stereocenters. The third-order valence-electron chi connectivity index (χ3n) is 7.56. The average Bonchev–Trinajstić information content (AvgIpc) is 3.01. The number of rotatable bonds is 9. The number of carbonyl (C=O) groups excluding carboxylic acids is 2. The molecule has 10 heteroatoms. The van der Waals surface area contributed by atoms with Crippen molar-refractivity contribution in [3.05, 3.63) is 24.3 Å². The summed E-state index contributed by atoms with van der Waals surface area (Å²) in [6.45, 7) is 24.8. The third-order valence-corrected chi connectivity index (χ3v) is 16.5. The summed E-state index contributed by atoms with van der Waals surface area (Å²) in [5, 5.41) is -0.0413. The molecule has 0 aromatic heterocycles. The van der Waals surface area contributed by atoms with Gasteiger partial charge in [-0.1, -0.05) is 41.5 Å². The van der Waals surface area contributed by atoms with E-state index < -0.39 is 53.2 Å². The highest BCUT2D eigenvalue weighted by molar-refractivity contribution is 6.74. The topological polar surface area (TPSA) is 89.5 Å². The largest absolute Gasteiger partial charge is 0.461 e. The Hall–Kier alpha value is -1.73. The van der Waals surface area contributed by atoms with Crippen molar-refractivity contribution in [2.75, 3.05) is 6.61 Å². The molecule has 0 amide bonds. The minimum absolute atomic E-state index is 0.0241. The van der Waals surface area contributed by atoms with Gasteiger partial charge in [-0.3, -0.25) is 9.59 Å². The van der Waals surface area contributed by atoms with Crippen molar-refractivity contribution >= 4 is 28.6 Å². The standard InChI is InChI=1S/C27H46O8Si2/c1-18(28)31-20-13-15-21(16-14-20)33-25-24(32-19(2)29)23(35-37(11,12)27(6,7)8)22(34-25)17-30-36(9,10)26(3,4)5/h13-16,22-25H,17H2,1-12H3/t22-,23-,24+,25+/m1/s1. The Morgan fingerprint density at radius 1 is 0.811 bits per heavy atom. The van der Waals surface area contributed by atoms with E-state index in [-0.39, 0.29) is 10.1 Å². The zero-order valence-electron chi connectivity index (χ0n) is 24.6. The first-order valence-corrected chi connectivity index (χ1v) is 18.6. The molecule has 0 saturated carbocycles. The molecule has 1 aliphatic heterocycles. The molecule has 37 heavy (non-hydrogen) atoms. The lowest BCUT2D eigenvalue weighted by atomic mass is 10.1. The molecule has 0 radical (unpaired) electrons. The average molecular weight is 555 g/mol. The molecular formula is C27H46O8Si2. The van der Waals surface area contributed by atoms with E-state index in [1.54, 1.807) is 24.3 Å². The molecule has 0 unspecified atom stereocenters. The van der Waals surface area contributed by atoms with E-state index in [0.29, 0.717) is 18.1 Å². The third kappa shape index (κ3) is 8.38. The van der Waals surface area contributed by atoms with Crippen LogP contribution in [0.2, 0.25) is 36.3 Å². The van der Waals surface area contributed by atoms with Crippen LogP contribution in [-0.2, 0) is 27.9 Å². The van der Waals surface area contributed by atoms with E-state index in [9.17, 15) is 9.59 Å². The Morgan fingerprint density at radius 2 is 1.32 bits per heavy atom. The van der Waals surface area contributed by atoms with Gasteiger partial charge in [-0.25, -0.2) is 0 Å². The van der Waals surface area contributed by atoms with Crippen LogP contribution in [-0.4, -0.2) is 59.8 Å². The van der Waals surface area contributed by atoms with Gasteiger partial charge in [0.25, 0.3) is 0 Å². The van der Waals surface area contributed by atoms with E-state index in [0.717, 1.165) is 0 Å². The maximum Gasteiger partial charge on any atom is 0.308 e. The van der Waals surface area contributed by atoms with E-state index in [4.69, 9.17) is 27.8 Å². The maximum atomic E-state index is 12.2. The van der Waals surface area contributed by atoms with Crippen molar-refractivity contribution in [2.45, 2.75) is 116 Å². The fourth-order valence-electron chi connectivity index (χ4n) is 3.29. The minimum Gasteiger partial charge on any atom is -0.461 e. The van der Waals surface area contributed by atoms with Crippen molar-refractivity contribution in [1.29, 1.82) is 0 Å². The molecule has 210 valence electrons. The van der Waals surface area contributed by atoms with Crippen LogP contribution < -0.4 is 9.47 Å². The predicted molar refractivity (Wildman–Crippen MR) is 148 cm³/mol. The molecule has 2 rings (SSSR count). The number of esters is 2. The summed E-state index contributed by atoms with van der Waals surface area (Å²) in [7, 11) is -4.36. The zero-order valence-corrected chi connectivity index (χ0v) is 26.6. The summed E-state index contributed by atoms with van der Waals surface area (Å²) in [6, 6.07) is 6.62. The summed E-state index contributed by atoms with van der Waals surface area (Å²) < 4.78 is 36.7. The molecule has 0 spiro atoms. The molecule has 0 bridgehead atoms. The van der Waals surface area contributed by atoms with Crippen molar-refractivity contribution in [2.24, 2.45) is 0 Å². The zero-order chi connectivity index (χ0) is 28.4. The number of hydrogen-bond acceptors (Lipinski definition) is 8. The summed E-state index contributed by atoms with van der Waals surface area (Å²) >= 11 is 0. The predicted octanol–water partition coefficient (Wildman–Crippen LogP) is 6.06. The van der Waals surface area contributed by atoms with Crippen molar-refractivity contribution in [1.82, 2.24) is 0 Å². The highest BCUT2D eigenvalue weighted by atomic mass is 28.4. The van der Waals surface area contributed by atoms with Crippen LogP contribution >= 0.6 is 0 Å². The summed E-state index contributed by atoms with van der Waals surface area (Å²) in [4.78, 5) is 23.4. The molecule has 1 aromatic rings. The van der Waals surface area contributed by atoms with Gasteiger partial charge in [0.2, 0.25) is 6.29 Å². The molecule has 1 fully saturated rings. The normalized spacial score (nSPS) is 23.0. The Kier molecular flexibility index (Phi) is 9.85. The fraction of sp³-hybridized carbons (Fsp3) is 0.704. The van der Waals surface area contributed by atoms with Gasteiger partial charge in [-0.2, -0.15) is 0 Å². The first kappa shape index (κ1) is 31.5. The Morgan fingerprint density at radius 3 is 1.78 bits per heavy atom. The van der Waals surface area contributed by atoms with Gasteiger partial charge < -0.3 is 27.8 Å². The number of benzene rings is 1. The Bertz CT molecular complexity index is 931. The van der Waals surface area contributed by atoms with Crippen LogP contribution in [0, 0.1) is 0 Å². The highest BCUT2D eigenvalue weighted by Crippen LogP contribution is 2.42. The van der Waals surface area contributed by atoms with Gasteiger partial charge in [0, 0.05) is 13.8 Å². The minimum atomic E-state index is -2.28. The van der Waals surface area contributed by atoms with Crippen LogP contribution in [0.1, 0.15) is 55.4 Å². The molecule has 1 aliphatic rings. The molecular weight excluding hydrogens is 508 g/mol. The first-order valence-electron chi connectivity index (χ1n) is 12.8. The summed E-state index contributed by atoms with van der Waals surface area (Å²) in [5.74, 6) is 0.0405. The number of carbonyl (C=O) groups is 2. The number of hydrogen-bond donors (Lipinski definition) is 0. The lowest BCUT2D eigenvalue weighted by molar-refractivity contribution is -0.165. The molecule has 0 aliphatic carbocycles. The SMILES string of the molecule is CC(=O)Oc1ccc(O[C@H]2O[C@H](CO[Si](C)(C)C(C)(C)C)[C@@H](O[Si](C)(C)C(C)(C)C)[C@@H]2OC(C)=O)cc1. The second-order valence-corrected chi connectivity index (χ2v) is 22.3. The fourth-order valence-corrected chi connectivity index (χ4v) is 5.62. The lowest BCUT2D eigenvalue weighted by Gasteiger charge is -2.41. The van der Waals surface area contributed by atoms with Gasteiger partial charge >= 0.3 is 11.9 Å². The van der Waals surface area contributed by atoms with Crippen molar-refractivity contribution in [3.8, 4) is 11.5 Å². The van der Waals surface area contributed by atoms with Gasteiger partial charge in [-0.15, -0.1) is 0 Å². The van der Waals surface area contributed by atoms with Gasteiger partial charge in [0.15, 0.2) is 22.7 Å². The number of ether oxygens (including phenoxy) is 4. The van der Waals surface area contributed by atoms with Crippen molar-refractivity contribution < 1.29 is 37.4 Å². The monoisotopic (exact) mass is 554 g/mol. The first-order chi connectivity index (χ1) is 16.7. The Balaban J connectivity index is 2.37. The van der Waals surface area contributed by atoms with Crippen LogP contribution in [0.4, 0.5) is 0 Å². The second-order valence-electron chi connectivity index (χ2n) is 12.7. The smallest absolute Gasteiger partial charge is 0.308 e. The van der Waals surface area contributed by atoms with E-state index in [2.05, 4.69) is 67.7 Å². The van der Waals surface area contributed by atoms with Gasteiger partial charge in [0.1, 0.15) is 23.7 Å². The molecule has 8 nitrogen and oxygen atoms in total. The van der Waals surface area contributed by atoms with E-state index >= 15 is 0 Å². The Labute approximate surface area is 224 Å². The molecule has 1 aromatic carbocycles. The summed E-state index contributed by atoms with van der Waals surface area (Å²) in [5.41, 5.74) is 0. The maximum absolute atomic E-state index is 12.2. The van der Waals surface area contributed by atoms with Gasteiger partial charge in [-0.05, 0) is 60.5 Å². The van der Waals surface area contributed by atoms with E-state index in [1.165, 1.54) is 13.8 Å². The van der Waals surface area contributed by atoms with Crippen LogP contribution in [0.3, 0.4) is 0 Å². The van der Waals surface area contributed by atoms with Crippen LogP contribution in [0.5, 0.6) is 11.5 Å². The molecule has 1 saturated heterocycles. The van der Waals surface area contributed by atoms with Crippen LogP contribution in [0.15, 0.2) is 24.3 Å². The van der Waals surface area contributed by atoms with Crippen molar-refractivity contribution in [3.63, 3.8) is 0 Å². The highest BCUT2D eigenvalue weighted by Gasteiger charge is 2.53. The summed E-state index contributed by atoms with van der Waals surface area (Å²) in [6.07, 6.45) is -2.73. The second kappa shape index (κ2) is 11.6. The quantitative estimate of drug-likeness (QED) is 0.207. The lowest BCUT2D eigenvalue weighted by Crippen LogP contribution is -2.52. The molecule has 1 heterocycles. The van der Waals surface area contributed by atoms with Gasteiger partial charge in [0.05, 0.1) is 6.61 Å². The van der Waals surface area contributed by atoms with Crippen LogP contribution in [0.25, 0.3) is 0 Å². The molecule has 0 N–H and O–H groups in total.